The zero-order valence-electron chi connectivity index (χ0n) is 11.6. The minimum Gasteiger partial charge on any atom is -0.409 e. The summed E-state index contributed by atoms with van der Waals surface area (Å²) in [6.07, 6.45) is 3.09. The highest BCUT2D eigenvalue weighted by Gasteiger charge is 2.52. The molecule has 1 aliphatic carbocycles. The van der Waals surface area contributed by atoms with Gasteiger partial charge in [-0.3, -0.25) is 4.79 Å². The third-order valence-electron chi connectivity index (χ3n) is 4.25. The van der Waals surface area contributed by atoms with E-state index in [2.05, 4.69) is 17.4 Å². The first kappa shape index (κ1) is 14.1. The van der Waals surface area contributed by atoms with Gasteiger partial charge >= 0.3 is 0 Å². The van der Waals surface area contributed by atoms with E-state index in [-0.39, 0.29) is 23.9 Å². The molecule has 2 unspecified atom stereocenters. The fraction of sp³-hybridized carbons (Fsp3) is 0.846. The Balaban J connectivity index is 2.01. The van der Waals surface area contributed by atoms with Crippen LogP contribution in [0.1, 0.15) is 39.5 Å². The topological polar surface area (TPSA) is 96.9 Å². The number of ether oxygens (including phenoxy) is 1. The Morgan fingerprint density at radius 3 is 2.68 bits per heavy atom. The van der Waals surface area contributed by atoms with Gasteiger partial charge < -0.3 is 21.0 Å². The van der Waals surface area contributed by atoms with Crippen molar-refractivity contribution in [3.63, 3.8) is 0 Å². The molecule has 1 saturated carbocycles. The lowest BCUT2D eigenvalue weighted by Crippen LogP contribution is -2.59. The summed E-state index contributed by atoms with van der Waals surface area (Å²) in [6, 6.07) is 0.121. The summed E-state index contributed by atoms with van der Waals surface area (Å²) >= 11 is 0. The predicted molar refractivity (Wildman–Crippen MR) is 70.8 cm³/mol. The van der Waals surface area contributed by atoms with Gasteiger partial charge in [0.05, 0.1) is 6.10 Å². The molecule has 6 heteroatoms. The Kier molecular flexibility index (Phi) is 3.99. The zero-order chi connectivity index (χ0) is 14.0. The largest absolute Gasteiger partial charge is 0.409 e. The highest BCUT2D eigenvalue weighted by atomic mass is 16.5. The summed E-state index contributed by atoms with van der Waals surface area (Å²) < 4.78 is 5.46. The fourth-order valence-corrected chi connectivity index (χ4v) is 3.19. The minimum atomic E-state index is -0.810. The molecule has 108 valence electrons. The van der Waals surface area contributed by atoms with E-state index >= 15 is 0 Å². The van der Waals surface area contributed by atoms with Crippen molar-refractivity contribution in [2.24, 2.45) is 22.2 Å². The van der Waals surface area contributed by atoms with Crippen molar-refractivity contribution in [3.8, 4) is 0 Å². The number of oxime groups is 1. The molecule has 4 N–H and O–H groups in total. The monoisotopic (exact) mass is 269 g/mol. The molecule has 1 saturated heterocycles. The first-order chi connectivity index (χ1) is 8.98. The van der Waals surface area contributed by atoms with Crippen molar-refractivity contribution in [2.75, 3.05) is 6.61 Å². The van der Waals surface area contributed by atoms with E-state index in [0.29, 0.717) is 25.4 Å². The summed E-state index contributed by atoms with van der Waals surface area (Å²) in [6.45, 7) is 4.73. The highest BCUT2D eigenvalue weighted by Crippen LogP contribution is 2.46. The number of nitrogens with two attached hydrogens (primary N) is 1. The predicted octanol–water partition coefficient (Wildman–Crippen LogP) is 0.833. The number of nitrogens with one attached hydrogen (secondary N) is 1. The van der Waals surface area contributed by atoms with Crippen molar-refractivity contribution in [2.45, 2.75) is 51.7 Å². The molecule has 1 heterocycles. The second-order valence-electron chi connectivity index (χ2n) is 5.96. The average molecular weight is 269 g/mol. The molecule has 2 aliphatic rings. The summed E-state index contributed by atoms with van der Waals surface area (Å²) in [4.78, 5) is 12.4. The molecule has 0 spiro atoms. The first-order valence-corrected chi connectivity index (χ1v) is 6.88. The van der Waals surface area contributed by atoms with E-state index in [1.165, 1.54) is 0 Å². The van der Waals surface area contributed by atoms with E-state index in [1.54, 1.807) is 0 Å². The van der Waals surface area contributed by atoms with Gasteiger partial charge in [-0.25, -0.2) is 0 Å². The van der Waals surface area contributed by atoms with Gasteiger partial charge in [0.25, 0.3) is 0 Å². The second-order valence-corrected chi connectivity index (χ2v) is 5.96. The van der Waals surface area contributed by atoms with Crippen LogP contribution in [0.4, 0.5) is 0 Å². The number of hydrogen-bond donors (Lipinski definition) is 3. The fourth-order valence-electron chi connectivity index (χ4n) is 3.19. The summed E-state index contributed by atoms with van der Waals surface area (Å²) in [7, 11) is 0. The molecular weight excluding hydrogens is 246 g/mol. The number of nitrogens with zero attached hydrogens (tertiary/aromatic N) is 1. The molecule has 6 nitrogen and oxygen atoms in total. The van der Waals surface area contributed by atoms with E-state index < -0.39 is 5.41 Å². The van der Waals surface area contributed by atoms with E-state index in [4.69, 9.17) is 15.7 Å². The Labute approximate surface area is 113 Å². The Morgan fingerprint density at radius 1 is 1.47 bits per heavy atom. The van der Waals surface area contributed by atoms with Crippen LogP contribution in [0.15, 0.2) is 5.16 Å². The van der Waals surface area contributed by atoms with Crippen LogP contribution < -0.4 is 11.1 Å². The third-order valence-corrected chi connectivity index (χ3v) is 4.25. The maximum Gasteiger partial charge on any atom is 0.234 e. The number of hydrogen-bond acceptors (Lipinski definition) is 4. The van der Waals surface area contributed by atoms with Gasteiger partial charge in [-0.1, -0.05) is 12.1 Å². The molecule has 0 aromatic heterocycles. The van der Waals surface area contributed by atoms with Crippen molar-refractivity contribution < 1.29 is 14.7 Å². The molecule has 0 aromatic rings. The molecule has 19 heavy (non-hydrogen) atoms. The molecule has 2 fully saturated rings. The lowest BCUT2D eigenvalue weighted by molar-refractivity contribution is -0.134. The van der Waals surface area contributed by atoms with Crippen LogP contribution in [0.5, 0.6) is 0 Å². The first-order valence-electron chi connectivity index (χ1n) is 6.88. The van der Waals surface area contributed by atoms with Crippen molar-refractivity contribution >= 4 is 11.7 Å². The van der Waals surface area contributed by atoms with Crippen LogP contribution >= 0.6 is 0 Å². The second kappa shape index (κ2) is 5.36. The Bertz CT molecular complexity index is 377. The molecule has 1 amide bonds. The number of carbonyl (C=O) groups is 1. The van der Waals surface area contributed by atoms with Crippen molar-refractivity contribution in [3.05, 3.63) is 0 Å². The lowest BCUT2D eigenvalue weighted by Gasteiger charge is -2.44. The number of amidine groups is 1. The molecule has 2 rings (SSSR count). The van der Waals surface area contributed by atoms with Crippen LogP contribution in [0.2, 0.25) is 0 Å². The van der Waals surface area contributed by atoms with Gasteiger partial charge in [0.1, 0.15) is 5.41 Å². The zero-order valence-corrected chi connectivity index (χ0v) is 11.6. The quantitative estimate of drug-likeness (QED) is 0.306. The number of amides is 1. The van der Waals surface area contributed by atoms with Crippen LogP contribution in [-0.2, 0) is 9.53 Å². The number of rotatable bonds is 3. The SMILES string of the molecule is CC1CC(C(=O)NC2CCOC(C)C2)(C(N)=NO)C1. The summed E-state index contributed by atoms with van der Waals surface area (Å²) in [5, 5.41) is 15.0. The van der Waals surface area contributed by atoms with Crippen molar-refractivity contribution in [1.82, 2.24) is 5.32 Å². The van der Waals surface area contributed by atoms with E-state index in [0.717, 1.165) is 12.8 Å². The maximum absolute atomic E-state index is 12.4. The summed E-state index contributed by atoms with van der Waals surface area (Å²) in [5.41, 5.74) is 4.91. The molecule has 2 atom stereocenters. The van der Waals surface area contributed by atoms with Crippen LogP contribution in [0, 0.1) is 11.3 Å². The third kappa shape index (κ3) is 2.68. The Hall–Kier alpha value is -1.30. The standard InChI is InChI=1S/C13H23N3O3/c1-8-6-13(7-8,11(14)16-18)12(17)15-10-3-4-19-9(2)5-10/h8-10,18H,3-7H2,1-2H3,(H2,14,16)(H,15,17). The van der Waals surface area contributed by atoms with E-state index in [1.807, 2.05) is 6.92 Å². The highest BCUT2D eigenvalue weighted by molar-refractivity contribution is 6.07. The van der Waals surface area contributed by atoms with Gasteiger partial charge in [-0.2, -0.15) is 0 Å². The maximum atomic E-state index is 12.4. The van der Waals surface area contributed by atoms with Gasteiger partial charge in [0.2, 0.25) is 5.91 Å². The minimum absolute atomic E-state index is 0.0307. The van der Waals surface area contributed by atoms with Gasteiger partial charge in [-0.15, -0.1) is 0 Å². The van der Waals surface area contributed by atoms with E-state index in [9.17, 15) is 4.79 Å². The molecule has 0 bridgehead atoms. The Morgan fingerprint density at radius 2 is 2.16 bits per heavy atom. The van der Waals surface area contributed by atoms with Crippen LogP contribution in [-0.4, -0.2) is 35.7 Å². The van der Waals surface area contributed by atoms with Gasteiger partial charge in [0.15, 0.2) is 5.84 Å². The molecular formula is C13H23N3O3. The normalized spacial score (nSPS) is 39.5. The molecule has 0 radical (unpaired) electrons. The van der Waals surface area contributed by atoms with Gasteiger partial charge in [-0.05, 0) is 38.5 Å². The molecule has 0 aromatic carbocycles. The van der Waals surface area contributed by atoms with Gasteiger partial charge in [0, 0.05) is 12.6 Å². The molecule has 1 aliphatic heterocycles. The van der Waals surface area contributed by atoms with Crippen LogP contribution in [0.25, 0.3) is 0 Å². The van der Waals surface area contributed by atoms with Crippen LogP contribution in [0.3, 0.4) is 0 Å². The summed E-state index contributed by atoms with van der Waals surface area (Å²) in [5.74, 6) is 0.350. The lowest BCUT2D eigenvalue weighted by atomic mass is 9.61. The van der Waals surface area contributed by atoms with Crippen molar-refractivity contribution in [1.29, 1.82) is 0 Å². The average Bonchev–Trinajstić information content (AvgIpc) is 2.33. The smallest absolute Gasteiger partial charge is 0.234 e. The number of carbonyl (C=O) groups excluding carboxylic acids is 1.